The van der Waals surface area contributed by atoms with Gasteiger partial charge in [0.15, 0.2) is 0 Å². The van der Waals surface area contributed by atoms with E-state index in [1.54, 1.807) is 31.2 Å². The maximum atomic E-state index is 12.2. The molecule has 2 N–H and O–H groups in total. The molecule has 2 aromatic carbocycles. The molecule has 2 rings (SSSR count). The lowest BCUT2D eigenvalue weighted by molar-refractivity contribution is -0.385. The number of anilines is 1. The highest BCUT2D eigenvalue weighted by Gasteiger charge is 2.15. The summed E-state index contributed by atoms with van der Waals surface area (Å²) in [5.74, 6) is -0.702. The Labute approximate surface area is 148 Å². The first-order valence-corrected chi connectivity index (χ1v) is 8.47. The molecule has 0 atom stereocenters. The van der Waals surface area contributed by atoms with Crippen LogP contribution in [0, 0.1) is 17.0 Å². The Hall–Kier alpha value is -2.87. The molecule has 0 unspecified atom stereocenters. The van der Waals surface area contributed by atoms with Crippen LogP contribution in [0.1, 0.15) is 21.5 Å². The normalized spacial score (nSPS) is 10.3. The van der Waals surface area contributed by atoms with Crippen LogP contribution in [0.4, 0.5) is 11.4 Å². The summed E-state index contributed by atoms with van der Waals surface area (Å²) in [6.07, 6.45) is 0. The van der Waals surface area contributed by atoms with Crippen LogP contribution in [0.3, 0.4) is 0 Å². The maximum Gasteiger partial charge on any atom is 0.313 e. The van der Waals surface area contributed by atoms with Crippen molar-refractivity contribution in [2.45, 2.75) is 12.7 Å². The van der Waals surface area contributed by atoms with Crippen molar-refractivity contribution < 1.29 is 19.6 Å². The number of nitrogens with zero attached hydrogens (tertiary/aromatic N) is 1. The number of nitrogens with one attached hydrogen (secondary N) is 1. The fraction of sp³-hybridized carbons (Fsp3) is 0.176. The van der Waals surface area contributed by atoms with Gasteiger partial charge in [-0.25, -0.2) is 0 Å². The summed E-state index contributed by atoms with van der Waals surface area (Å²) < 4.78 is 0. The van der Waals surface area contributed by atoms with E-state index in [4.69, 9.17) is 5.11 Å². The molecule has 0 spiro atoms. The lowest BCUT2D eigenvalue weighted by Gasteiger charge is -2.07. The van der Waals surface area contributed by atoms with E-state index in [9.17, 15) is 19.7 Å². The Morgan fingerprint density at radius 3 is 2.48 bits per heavy atom. The number of nitro benzene ring substituents is 1. The van der Waals surface area contributed by atoms with E-state index in [0.717, 1.165) is 5.56 Å². The van der Waals surface area contributed by atoms with Gasteiger partial charge in [-0.1, -0.05) is 18.2 Å². The quantitative estimate of drug-likeness (QED) is 0.578. The van der Waals surface area contributed by atoms with Crippen LogP contribution < -0.4 is 5.32 Å². The number of carboxylic acids is 1. The largest absolute Gasteiger partial charge is 0.481 e. The first kappa shape index (κ1) is 18.5. The van der Waals surface area contributed by atoms with E-state index in [-0.39, 0.29) is 17.0 Å². The van der Waals surface area contributed by atoms with Gasteiger partial charge in [-0.15, -0.1) is 11.8 Å². The van der Waals surface area contributed by atoms with Crippen molar-refractivity contribution >= 4 is 35.0 Å². The molecular weight excluding hydrogens is 344 g/mol. The first-order valence-electron chi connectivity index (χ1n) is 7.31. The Bertz CT molecular complexity index is 805. The van der Waals surface area contributed by atoms with E-state index >= 15 is 0 Å². The number of nitro groups is 1. The topological polar surface area (TPSA) is 110 Å². The fourth-order valence-electron chi connectivity index (χ4n) is 2.09. The highest BCUT2D eigenvalue weighted by molar-refractivity contribution is 7.99. The molecule has 0 radical (unpaired) electrons. The molecule has 0 saturated heterocycles. The van der Waals surface area contributed by atoms with Gasteiger partial charge in [-0.05, 0) is 30.7 Å². The van der Waals surface area contributed by atoms with E-state index in [2.05, 4.69) is 5.32 Å². The number of hydrogen-bond acceptors (Lipinski definition) is 5. The van der Waals surface area contributed by atoms with Crippen LogP contribution in [-0.2, 0) is 10.5 Å². The SMILES string of the molecule is Cc1ccc(C(=O)Nc2ccc(CSCC(=O)O)cc2)cc1[N+](=O)[O-]. The number of aliphatic carboxylic acids is 1. The summed E-state index contributed by atoms with van der Waals surface area (Å²) in [5, 5.41) is 22.2. The maximum absolute atomic E-state index is 12.2. The van der Waals surface area contributed by atoms with Crippen molar-refractivity contribution in [1.82, 2.24) is 0 Å². The predicted octanol–water partition coefficient (Wildman–Crippen LogP) is 3.47. The molecule has 130 valence electrons. The molecule has 0 bridgehead atoms. The molecule has 1 amide bonds. The minimum absolute atomic E-state index is 0.0324. The first-order chi connectivity index (χ1) is 11.9. The number of hydrogen-bond donors (Lipinski definition) is 2. The molecule has 25 heavy (non-hydrogen) atoms. The predicted molar refractivity (Wildman–Crippen MR) is 96.0 cm³/mol. The Kier molecular flexibility index (Phi) is 6.13. The molecule has 8 heteroatoms. The van der Waals surface area contributed by atoms with Crippen molar-refractivity contribution in [1.29, 1.82) is 0 Å². The minimum Gasteiger partial charge on any atom is -0.481 e. The molecular formula is C17H16N2O5S. The Balaban J connectivity index is 2.02. The number of carbonyl (C=O) groups is 2. The van der Waals surface area contributed by atoms with E-state index in [0.29, 0.717) is 17.0 Å². The monoisotopic (exact) mass is 360 g/mol. The van der Waals surface area contributed by atoms with E-state index in [1.807, 2.05) is 0 Å². The Morgan fingerprint density at radius 1 is 1.20 bits per heavy atom. The lowest BCUT2D eigenvalue weighted by atomic mass is 10.1. The van der Waals surface area contributed by atoms with Crippen LogP contribution in [0.15, 0.2) is 42.5 Å². The van der Waals surface area contributed by atoms with Crippen molar-refractivity contribution in [2.75, 3.05) is 11.1 Å². The van der Waals surface area contributed by atoms with Gasteiger partial charge in [0, 0.05) is 28.6 Å². The molecule has 0 aromatic heterocycles. The number of rotatable bonds is 7. The summed E-state index contributed by atoms with van der Waals surface area (Å²) in [6, 6.07) is 11.3. The summed E-state index contributed by atoms with van der Waals surface area (Å²) in [7, 11) is 0. The third-order valence-electron chi connectivity index (χ3n) is 3.37. The molecule has 7 nitrogen and oxygen atoms in total. The van der Waals surface area contributed by atoms with Crippen LogP contribution in [0.2, 0.25) is 0 Å². The van der Waals surface area contributed by atoms with Crippen LogP contribution in [0.25, 0.3) is 0 Å². The zero-order valence-electron chi connectivity index (χ0n) is 13.4. The van der Waals surface area contributed by atoms with Crippen molar-refractivity contribution in [3.8, 4) is 0 Å². The van der Waals surface area contributed by atoms with Gasteiger partial charge in [0.25, 0.3) is 11.6 Å². The van der Waals surface area contributed by atoms with Crippen molar-refractivity contribution in [3.63, 3.8) is 0 Å². The smallest absolute Gasteiger partial charge is 0.313 e. The average molecular weight is 360 g/mol. The van der Waals surface area contributed by atoms with Crippen molar-refractivity contribution in [2.24, 2.45) is 0 Å². The van der Waals surface area contributed by atoms with Crippen LogP contribution in [-0.4, -0.2) is 27.7 Å². The zero-order chi connectivity index (χ0) is 18.4. The van der Waals surface area contributed by atoms with Gasteiger partial charge in [-0.2, -0.15) is 0 Å². The summed E-state index contributed by atoms with van der Waals surface area (Å²) >= 11 is 1.29. The molecule has 0 aliphatic carbocycles. The summed E-state index contributed by atoms with van der Waals surface area (Å²) in [5.41, 5.74) is 2.09. The summed E-state index contributed by atoms with van der Waals surface area (Å²) in [6.45, 7) is 1.61. The van der Waals surface area contributed by atoms with Gasteiger partial charge < -0.3 is 10.4 Å². The fourth-order valence-corrected chi connectivity index (χ4v) is 2.80. The minimum atomic E-state index is -0.860. The van der Waals surface area contributed by atoms with Gasteiger partial charge in [-0.3, -0.25) is 19.7 Å². The molecule has 0 fully saturated rings. The second kappa shape index (κ2) is 8.29. The zero-order valence-corrected chi connectivity index (χ0v) is 14.2. The highest BCUT2D eigenvalue weighted by atomic mass is 32.2. The second-order valence-corrected chi connectivity index (χ2v) is 6.28. The molecule has 0 aliphatic heterocycles. The van der Waals surface area contributed by atoms with Gasteiger partial charge >= 0.3 is 5.97 Å². The third kappa shape index (κ3) is 5.32. The number of thioether (sulfide) groups is 1. The van der Waals surface area contributed by atoms with E-state index < -0.39 is 16.8 Å². The lowest BCUT2D eigenvalue weighted by Crippen LogP contribution is -2.12. The van der Waals surface area contributed by atoms with Gasteiger partial charge in [0.1, 0.15) is 0 Å². The van der Waals surface area contributed by atoms with Gasteiger partial charge in [0.05, 0.1) is 10.7 Å². The van der Waals surface area contributed by atoms with Crippen molar-refractivity contribution in [3.05, 3.63) is 69.3 Å². The molecule has 0 saturated carbocycles. The van der Waals surface area contributed by atoms with Gasteiger partial charge in [0.2, 0.25) is 0 Å². The average Bonchev–Trinajstić information content (AvgIpc) is 2.56. The summed E-state index contributed by atoms with van der Waals surface area (Å²) in [4.78, 5) is 33.1. The molecule has 0 heterocycles. The molecule has 0 aliphatic rings. The third-order valence-corrected chi connectivity index (χ3v) is 4.36. The number of carboxylic acid groups (broad SMARTS) is 1. The number of aryl methyl sites for hydroxylation is 1. The Morgan fingerprint density at radius 2 is 1.88 bits per heavy atom. The molecule has 2 aromatic rings. The van der Waals surface area contributed by atoms with Crippen LogP contribution in [0.5, 0.6) is 0 Å². The highest BCUT2D eigenvalue weighted by Crippen LogP contribution is 2.21. The standard InChI is InChI=1S/C17H16N2O5S/c1-11-2-5-13(8-15(11)19(23)24)17(22)18-14-6-3-12(4-7-14)9-25-10-16(20)21/h2-8H,9-10H2,1H3,(H,18,22)(H,20,21). The van der Waals surface area contributed by atoms with E-state index in [1.165, 1.54) is 30.0 Å². The van der Waals surface area contributed by atoms with Crippen LogP contribution >= 0.6 is 11.8 Å². The number of benzene rings is 2. The number of amides is 1. The second-order valence-electron chi connectivity index (χ2n) is 5.30. The number of carbonyl (C=O) groups excluding carboxylic acids is 1.